The van der Waals surface area contributed by atoms with Gasteiger partial charge in [0, 0.05) is 32.1 Å². The van der Waals surface area contributed by atoms with Crippen LogP contribution >= 0.6 is 0 Å². The molecule has 140 valence electrons. The van der Waals surface area contributed by atoms with Crippen LogP contribution in [0.5, 0.6) is 0 Å². The number of hydrogen-bond acceptors (Lipinski definition) is 5. The normalized spacial score (nSPS) is 31.0. The van der Waals surface area contributed by atoms with Crippen LogP contribution in [-0.4, -0.2) is 67.3 Å². The second-order valence-electron chi connectivity index (χ2n) is 8.42. The molecule has 0 bridgehead atoms. The third kappa shape index (κ3) is 4.60. The highest BCUT2D eigenvalue weighted by atomic mass is 16.3. The van der Waals surface area contributed by atoms with Crippen molar-refractivity contribution in [3.8, 4) is 0 Å². The summed E-state index contributed by atoms with van der Waals surface area (Å²) in [6.45, 7) is 8.96. The molecular formula is C20H34N4O. The Balaban J connectivity index is 1.68. The van der Waals surface area contributed by atoms with Crippen molar-refractivity contribution in [3.63, 3.8) is 0 Å². The Labute approximate surface area is 152 Å². The minimum absolute atomic E-state index is 0.337. The van der Waals surface area contributed by atoms with E-state index in [0.717, 1.165) is 45.6 Å². The maximum Gasteiger partial charge on any atom is 0.0900 e. The molecule has 2 fully saturated rings. The van der Waals surface area contributed by atoms with E-state index in [0.29, 0.717) is 12.0 Å². The van der Waals surface area contributed by atoms with E-state index in [9.17, 15) is 5.11 Å². The number of likely N-dealkylation sites (tertiary alicyclic amines) is 1. The Bertz CT molecular complexity index is 591. The highest BCUT2D eigenvalue weighted by Crippen LogP contribution is 2.30. The first-order valence-corrected chi connectivity index (χ1v) is 9.51. The summed E-state index contributed by atoms with van der Waals surface area (Å²) < 4.78 is 0. The Morgan fingerprint density at radius 2 is 2.12 bits per heavy atom. The van der Waals surface area contributed by atoms with Gasteiger partial charge in [-0.1, -0.05) is 23.8 Å². The van der Waals surface area contributed by atoms with Crippen LogP contribution < -0.4 is 10.9 Å². The third-order valence-corrected chi connectivity index (χ3v) is 5.60. The molecule has 2 aliphatic heterocycles. The molecule has 2 saturated heterocycles. The molecule has 0 aromatic heterocycles. The number of piperidine rings is 1. The van der Waals surface area contributed by atoms with Gasteiger partial charge in [0.2, 0.25) is 0 Å². The fourth-order valence-corrected chi connectivity index (χ4v) is 4.54. The van der Waals surface area contributed by atoms with E-state index in [1.165, 1.54) is 16.7 Å². The second-order valence-corrected chi connectivity index (χ2v) is 8.42. The van der Waals surface area contributed by atoms with Crippen LogP contribution in [0.2, 0.25) is 0 Å². The molecule has 1 aromatic rings. The van der Waals surface area contributed by atoms with Gasteiger partial charge in [-0.3, -0.25) is 5.43 Å². The number of benzene rings is 1. The number of aryl methyl sites for hydroxylation is 2. The lowest BCUT2D eigenvalue weighted by molar-refractivity contribution is -0.0490. The number of hydrazine groups is 1. The summed E-state index contributed by atoms with van der Waals surface area (Å²) in [7, 11) is 4.08. The molecule has 3 N–H and O–H groups in total. The van der Waals surface area contributed by atoms with Gasteiger partial charge < -0.3 is 14.9 Å². The van der Waals surface area contributed by atoms with E-state index in [1.54, 1.807) is 0 Å². The van der Waals surface area contributed by atoms with Crippen LogP contribution in [0.25, 0.3) is 0 Å². The van der Waals surface area contributed by atoms with Crippen LogP contribution in [0.1, 0.15) is 35.6 Å². The van der Waals surface area contributed by atoms with Crippen LogP contribution in [0.4, 0.5) is 0 Å². The van der Waals surface area contributed by atoms with E-state index < -0.39 is 5.60 Å². The van der Waals surface area contributed by atoms with Gasteiger partial charge in [0.25, 0.3) is 0 Å². The molecule has 5 heteroatoms. The van der Waals surface area contributed by atoms with E-state index in [2.05, 4.69) is 52.7 Å². The molecule has 0 aliphatic carbocycles. The summed E-state index contributed by atoms with van der Waals surface area (Å²) in [5.74, 6) is 0.516. The zero-order valence-electron chi connectivity index (χ0n) is 16.2. The summed E-state index contributed by atoms with van der Waals surface area (Å²) in [4.78, 5) is 4.56. The number of rotatable bonds is 5. The van der Waals surface area contributed by atoms with Gasteiger partial charge in [0.05, 0.1) is 11.6 Å². The number of likely N-dealkylation sites (N-methyl/N-ethyl adjacent to an activating group) is 1. The molecule has 2 heterocycles. The molecule has 0 spiro atoms. The molecule has 25 heavy (non-hydrogen) atoms. The Morgan fingerprint density at radius 3 is 2.88 bits per heavy atom. The molecule has 2 aliphatic rings. The van der Waals surface area contributed by atoms with Gasteiger partial charge in [-0.25, -0.2) is 5.43 Å². The van der Waals surface area contributed by atoms with Crippen molar-refractivity contribution in [2.24, 2.45) is 5.92 Å². The second kappa shape index (κ2) is 7.72. The number of β-amino-alcohol motifs (C(OH)–C–C–N with tert-alkyl or cyclic N) is 1. The van der Waals surface area contributed by atoms with Gasteiger partial charge >= 0.3 is 0 Å². The van der Waals surface area contributed by atoms with Crippen molar-refractivity contribution < 1.29 is 5.11 Å². The Morgan fingerprint density at radius 1 is 1.32 bits per heavy atom. The lowest BCUT2D eigenvalue weighted by Gasteiger charge is -2.41. The predicted molar refractivity (Wildman–Crippen MR) is 102 cm³/mol. The molecule has 3 rings (SSSR count). The molecule has 0 amide bonds. The molecule has 0 saturated carbocycles. The predicted octanol–water partition coefficient (Wildman–Crippen LogP) is 1.46. The average Bonchev–Trinajstić information content (AvgIpc) is 2.96. The third-order valence-electron chi connectivity index (χ3n) is 5.60. The Hall–Kier alpha value is -0.980. The fourth-order valence-electron chi connectivity index (χ4n) is 4.54. The summed E-state index contributed by atoms with van der Waals surface area (Å²) >= 11 is 0. The van der Waals surface area contributed by atoms with Crippen LogP contribution in [0.3, 0.4) is 0 Å². The van der Waals surface area contributed by atoms with Gasteiger partial charge in [-0.2, -0.15) is 0 Å². The molecule has 3 atom stereocenters. The SMILES string of the molecule is Cc1ccc(C)c(C2NNCC2CN2CCCC(O)(CN(C)C)C2)c1. The topological polar surface area (TPSA) is 50.8 Å². The molecule has 3 unspecified atom stereocenters. The minimum Gasteiger partial charge on any atom is -0.387 e. The fraction of sp³-hybridized carbons (Fsp3) is 0.700. The number of nitrogens with one attached hydrogen (secondary N) is 2. The van der Waals surface area contributed by atoms with Gasteiger partial charge in [-0.05, 0) is 58.5 Å². The van der Waals surface area contributed by atoms with E-state index in [-0.39, 0.29) is 0 Å². The first-order valence-electron chi connectivity index (χ1n) is 9.51. The lowest BCUT2D eigenvalue weighted by Crippen LogP contribution is -2.54. The Kier molecular flexibility index (Phi) is 5.81. The number of hydrogen-bond donors (Lipinski definition) is 3. The summed E-state index contributed by atoms with van der Waals surface area (Å²) in [6, 6.07) is 7.05. The van der Waals surface area contributed by atoms with Crippen LogP contribution in [-0.2, 0) is 0 Å². The average molecular weight is 347 g/mol. The number of aliphatic hydroxyl groups is 1. The first kappa shape index (κ1) is 18.8. The van der Waals surface area contributed by atoms with Crippen LogP contribution in [0.15, 0.2) is 18.2 Å². The number of nitrogens with zero attached hydrogens (tertiary/aromatic N) is 2. The zero-order valence-corrected chi connectivity index (χ0v) is 16.2. The first-order chi connectivity index (χ1) is 11.9. The van der Waals surface area contributed by atoms with Crippen molar-refractivity contribution in [2.45, 2.75) is 38.3 Å². The van der Waals surface area contributed by atoms with Gasteiger partial charge in [-0.15, -0.1) is 0 Å². The zero-order chi connectivity index (χ0) is 18.0. The van der Waals surface area contributed by atoms with Crippen molar-refractivity contribution in [1.82, 2.24) is 20.7 Å². The molecule has 1 aromatic carbocycles. The highest BCUT2D eigenvalue weighted by Gasteiger charge is 2.37. The van der Waals surface area contributed by atoms with Crippen LogP contribution in [0, 0.1) is 19.8 Å². The maximum absolute atomic E-state index is 10.9. The summed E-state index contributed by atoms with van der Waals surface area (Å²) in [5, 5.41) is 10.9. The highest BCUT2D eigenvalue weighted by molar-refractivity contribution is 5.34. The van der Waals surface area contributed by atoms with E-state index in [1.807, 2.05) is 14.1 Å². The van der Waals surface area contributed by atoms with Gasteiger partial charge in [0.15, 0.2) is 0 Å². The lowest BCUT2D eigenvalue weighted by atomic mass is 9.88. The smallest absolute Gasteiger partial charge is 0.0900 e. The van der Waals surface area contributed by atoms with Crippen molar-refractivity contribution in [2.75, 3.05) is 46.8 Å². The summed E-state index contributed by atoms with van der Waals surface area (Å²) in [6.07, 6.45) is 1.98. The monoisotopic (exact) mass is 346 g/mol. The standard InChI is InChI=1S/C20H34N4O/c1-15-6-7-16(2)18(10-15)19-17(11-21-22-19)12-24-9-5-8-20(25,14-24)13-23(3)4/h6-7,10,17,19,21-22,25H,5,8-9,11-14H2,1-4H3. The largest absolute Gasteiger partial charge is 0.387 e. The quantitative estimate of drug-likeness (QED) is 0.754. The molecule has 0 radical (unpaired) electrons. The van der Waals surface area contributed by atoms with E-state index in [4.69, 9.17) is 0 Å². The molecule has 5 nitrogen and oxygen atoms in total. The van der Waals surface area contributed by atoms with Gasteiger partial charge in [0.1, 0.15) is 0 Å². The summed E-state index contributed by atoms with van der Waals surface area (Å²) in [5.41, 5.74) is 10.3. The van der Waals surface area contributed by atoms with Crippen molar-refractivity contribution >= 4 is 0 Å². The van der Waals surface area contributed by atoms with Crippen molar-refractivity contribution in [3.05, 3.63) is 34.9 Å². The minimum atomic E-state index is -0.573. The molecular weight excluding hydrogens is 312 g/mol. The van der Waals surface area contributed by atoms with Crippen molar-refractivity contribution in [1.29, 1.82) is 0 Å². The maximum atomic E-state index is 10.9. The van der Waals surface area contributed by atoms with E-state index >= 15 is 0 Å².